The van der Waals surface area contributed by atoms with E-state index < -0.39 is 0 Å². The van der Waals surface area contributed by atoms with Crippen molar-refractivity contribution in [1.82, 2.24) is 15.1 Å². The van der Waals surface area contributed by atoms with Crippen LogP contribution in [0.1, 0.15) is 12.5 Å². The number of para-hydroxylation sites is 1. The standard InChI is InChI=1S/C21H21N3O2/c1-16(15-25)22-20(26)13-12-18-14-24(19-10-6-3-7-11-19)23-21(18)17-8-4-2-5-9-17/h2-14,16,25H,15H2,1H3,(H,22,26)/b13-12+. The van der Waals surface area contributed by atoms with Crippen molar-refractivity contribution in [1.29, 1.82) is 0 Å². The van der Waals surface area contributed by atoms with Gasteiger partial charge in [0.25, 0.3) is 0 Å². The van der Waals surface area contributed by atoms with Crippen molar-refractivity contribution in [2.24, 2.45) is 0 Å². The summed E-state index contributed by atoms with van der Waals surface area (Å²) in [4.78, 5) is 12.0. The predicted molar refractivity (Wildman–Crippen MR) is 103 cm³/mol. The molecule has 1 atom stereocenters. The van der Waals surface area contributed by atoms with Crippen LogP contribution in [0.2, 0.25) is 0 Å². The van der Waals surface area contributed by atoms with Crippen LogP contribution in [-0.2, 0) is 4.79 Å². The van der Waals surface area contributed by atoms with Crippen molar-refractivity contribution in [3.8, 4) is 16.9 Å². The monoisotopic (exact) mass is 347 g/mol. The molecule has 1 unspecified atom stereocenters. The lowest BCUT2D eigenvalue weighted by molar-refractivity contribution is -0.117. The summed E-state index contributed by atoms with van der Waals surface area (Å²) in [5, 5.41) is 16.4. The van der Waals surface area contributed by atoms with Crippen molar-refractivity contribution in [3.05, 3.63) is 78.5 Å². The van der Waals surface area contributed by atoms with Gasteiger partial charge in [-0.25, -0.2) is 4.68 Å². The highest BCUT2D eigenvalue weighted by atomic mass is 16.3. The number of rotatable bonds is 6. The zero-order valence-corrected chi connectivity index (χ0v) is 14.5. The molecule has 2 N–H and O–H groups in total. The molecule has 0 spiro atoms. The molecule has 0 fully saturated rings. The van der Waals surface area contributed by atoms with Gasteiger partial charge in [0, 0.05) is 29.4 Å². The van der Waals surface area contributed by atoms with E-state index in [1.807, 2.05) is 66.9 Å². The fourth-order valence-electron chi connectivity index (χ4n) is 2.54. The van der Waals surface area contributed by atoms with Crippen LogP contribution in [-0.4, -0.2) is 33.4 Å². The fraction of sp³-hybridized carbons (Fsp3) is 0.143. The molecule has 0 saturated heterocycles. The number of benzene rings is 2. The number of nitrogens with zero attached hydrogens (tertiary/aromatic N) is 2. The SMILES string of the molecule is CC(CO)NC(=O)/C=C/c1cn(-c2ccccc2)nc1-c1ccccc1. The van der Waals surface area contributed by atoms with E-state index in [1.165, 1.54) is 6.08 Å². The molecule has 0 radical (unpaired) electrons. The Morgan fingerprint density at radius 3 is 2.46 bits per heavy atom. The molecule has 132 valence electrons. The highest BCUT2D eigenvalue weighted by Crippen LogP contribution is 2.24. The Labute approximate surface area is 152 Å². The van der Waals surface area contributed by atoms with Crippen LogP contribution in [0.4, 0.5) is 0 Å². The number of carbonyl (C=O) groups is 1. The molecule has 0 saturated carbocycles. The highest BCUT2D eigenvalue weighted by Gasteiger charge is 2.11. The van der Waals surface area contributed by atoms with Gasteiger partial charge in [-0.1, -0.05) is 48.5 Å². The quantitative estimate of drug-likeness (QED) is 0.674. The molecule has 26 heavy (non-hydrogen) atoms. The van der Waals surface area contributed by atoms with Gasteiger partial charge in [0.1, 0.15) is 0 Å². The second kappa shape index (κ2) is 8.27. The van der Waals surface area contributed by atoms with Gasteiger partial charge >= 0.3 is 0 Å². The molecule has 1 heterocycles. The molecular formula is C21H21N3O2. The molecule has 0 aliphatic heterocycles. The van der Waals surface area contributed by atoms with Crippen molar-refractivity contribution in [3.63, 3.8) is 0 Å². The minimum atomic E-state index is -0.284. The first-order valence-electron chi connectivity index (χ1n) is 8.47. The van der Waals surface area contributed by atoms with Crippen molar-refractivity contribution in [2.45, 2.75) is 13.0 Å². The first kappa shape index (κ1) is 17.6. The number of aromatic nitrogens is 2. The number of hydrogen-bond donors (Lipinski definition) is 2. The molecule has 5 nitrogen and oxygen atoms in total. The molecular weight excluding hydrogens is 326 g/mol. The highest BCUT2D eigenvalue weighted by molar-refractivity contribution is 5.93. The van der Waals surface area contributed by atoms with E-state index in [0.29, 0.717) is 0 Å². The summed E-state index contributed by atoms with van der Waals surface area (Å²) in [7, 11) is 0. The minimum Gasteiger partial charge on any atom is -0.394 e. The van der Waals surface area contributed by atoms with Gasteiger partial charge in [-0.15, -0.1) is 0 Å². The normalized spacial score (nSPS) is 12.2. The zero-order chi connectivity index (χ0) is 18.4. The third-order valence-electron chi connectivity index (χ3n) is 3.89. The lowest BCUT2D eigenvalue weighted by atomic mass is 10.1. The van der Waals surface area contributed by atoms with Crippen molar-refractivity contribution in [2.75, 3.05) is 6.61 Å². The molecule has 1 amide bonds. The largest absolute Gasteiger partial charge is 0.394 e. The van der Waals surface area contributed by atoms with Crippen LogP contribution in [0.5, 0.6) is 0 Å². The topological polar surface area (TPSA) is 67.2 Å². The van der Waals surface area contributed by atoms with E-state index in [-0.39, 0.29) is 18.6 Å². The number of carbonyl (C=O) groups excluding carboxylic acids is 1. The summed E-state index contributed by atoms with van der Waals surface area (Å²) in [5.74, 6) is -0.252. The first-order chi connectivity index (χ1) is 12.7. The van der Waals surface area contributed by atoms with Gasteiger partial charge in [0.2, 0.25) is 5.91 Å². The molecule has 2 aromatic carbocycles. The summed E-state index contributed by atoms with van der Waals surface area (Å²) in [5.41, 5.74) is 3.56. The summed E-state index contributed by atoms with van der Waals surface area (Å²) in [6.07, 6.45) is 5.11. The Kier molecular flexibility index (Phi) is 5.61. The van der Waals surface area contributed by atoms with E-state index in [1.54, 1.807) is 17.7 Å². The molecule has 0 aliphatic carbocycles. The third-order valence-corrected chi connectivity index (χ3v) is 3.89. The first-order valence-corrected chi connectivity index (χ1v) is 8.47. The van der Waals surface area contributed by atoms with Gasteiger partial charge in [0.05, 0.1) is 18.0 Å². The van der Waals surface area contributed by atoms with E-state index in [2.05, 4.69) is 5.32 Å². The maximum absolute atomic E-state index is 12.0. The second-order valence-electron chi connectivity index (χ2n) is 6.00. The number of aliphatic hydroxyl groups excluding tert-OH is 1. The van der Waals surface area contributed by atoms with Crippen molar-refractivity contribution >= 4 is 12.0 Å². The lowest BCUT2D eigenvalue weighted by Crippen LogP contribution is -2.33. The van der Waals surface area contributed by atoms with E-state index >= 15 is 0 Å². The van der Waals surface area contributed by atoms with Crippen LogP contribution < -0.4 is 5.32 Å². The fourth-order valence-corrected chi connectivity index (χ4v) is 2.54. The minimum absolute atomic E-state index is 0.0964. The molecule has 3 rings (SSSR count). The molecule has 0 aliphatic rings. The maximum atomic E-state index is 12.0. The van der Waals surface area contributed by atoms with Gasteiger partial charge in [0.15, 0.2) is 0 Å². The van der Waals surface area contributed by atoms with Crippen LogP contribution in [0.3, 0.4) is 0 Å². The zero-order valence-electron chi connectivity index (χ0n) is 14.5. The number of amides is 1. The number of nitrogens with one attached hydrogen (secondary N) is 1. The Balaban J connectivity index is 1.95. The molecule has 1 aromatic heterocycles. The van der Waals surface area contributed by atoms with E-state index in [0.717, 1.165) is 22.5 Å². The second-order valence-corrected chi connectivity index (χ2v) is 6.00. The van der Waals surface area contributed by atoms with Crippen LogP contribution >= 0.6 is 0 Å². The van der Waals surface area contributed by atoms with Crippen LogP contribution in [0.15, 0.2) is 72.9 Å². The summed E-state index contributed by atoms with van der Waals surface area (Å²) >= 11 is 0. The van der Waals surface area contributed by atoms with Crippen LogP contribution in [0, 0.1) is 0 Å². The van der Waals surface area contributed by atoms with E-state index in [4.69, 9.17) is 10.2 Å². The molecule has 5 heteroatoms. The lowest BCUT2D eigenvalue weighted by Gasteiger charge is -2.07. The third kappa shape index (κ3) is 4.26. The van der Waals surface area contributed by atoms with E-state index in [9.17, 15) is 4.79 Å². The average molecular weight is 347 g/mol. The predicted octanol–water partition coefficient (Wildman–Crippen LogP) is 3.05. The smallest absolute Gasteiger partial charge is 0.244 e. The summed E-state index contributed by atoms with van der Waals surface area (Å²) < 4.78 is 1.80. The van der Waals surface area contributed by atoms with Gasteiger partial charge < -0.3 is 10.4 Å². The maximum Gasteiger partial charge on any atom is 0.244 e. The van der Waals surface area contributed by atoms with Crippen molar-refractivity contribution < 1.29 is 9.90 Å². The average Bonchev–Trinajstić information content (AvgIpc) is 3.12. The Morgan fingerprint density at radius 2 is 1.81 bits per heavy atom. The Hall–Kier alpha value is -3.18. The van der Waals surface area contributed by atoms with Gasteiger partial charge in [-0.2, -0.15) is 5.10 Å². The number of hydrogen-bond acceptors (Lipinski definition) is 3. The van der Waals surface area contributed by atoms with Gasteiger partial charge in [-0.3, -0.25) is 4.79 Å². The molecule has 3 aromatic rings. The Bertz CT molecular complexity index is 886. The molecule has 0 bridgehead atoms. The van der Waals surface area contributed by atoms with Gasteiger partial charge in [-0.05, 0) is 25.1 Å². The summed E-state index contributed by atoms with van der Waals surface area (Å²) in [6, 6.07) is 19.4. The Morgan fingerprint density at radius 1 is 1.15 bits per heavy atom. The summed E-state index contributed by atoms with van der Waals surface area (Å²) in [6.45, 7) is 1.65. The van der Waals surface area contributed by atoms with Crippen LogP contribution in [0.25, 0.3) is 23.0 Å². The number of aliphatic hydroxyl groups is 1.